The summed E-state index contributed by atoms with van der Waals surface area (Å²) in [5.74, 6) is -0.0773. The lowest BCUT2D eigenvalue weighted by atomic mass is 10.1. The molecule has 0 saturated heterocycles. The van der Waals surface area contributed by atoms with E-state index in [9.17, 15) is 4.79 Å². The molecule has 0 aliphatic carbocycles. The van der Waals surface area contributed by atoms with Crippen molar-refractivity contribution < 1.29 is 4.79 Å². The SMILES string of the molecule is Cc1ccc(NC(=O)Cc2csc(Nc3cccc(Cl)c3)n2)c(C)c1. The lowest BCUT2D eigenvalue weighted by molar-refractivity contribution is -0.115. The molecule has 128 valence electrons. The van der Waals surface area contributed by atoms with Gasteiger partial charge >= 0.3 is 0 Å². The quantitative estimate of drug-likeness (QED) is 0.636. The summed E-state index contributed by atoms with van der Waals surface area (Å²) < 4.78 is 0. The van der Waals surface area contributed by atoms with Gasteiger partial charge in [-0.1, -0.05) is 35.4 Å². The number of halogens is 1. The fourth-order valence-corrected chi connectivity index (χ4v) is 3.37. The molecule has 0 spiro atoms. The van der Waals surface area contributed by atoms with Gasteiger partial charge in [-0.05, 0) is 43.7 Å². The minimum atomic E-state index is -0.0773. The van der Waals surface area contributed by atoms with Crippen LogP contribution in [0.15, 0.2) is 47.8 Å². The van der Waals surface area contributed by atoms with E-state index in [1.807, 2.05) is 61.7 Å². The summed E-state index contributed by atoms with van der Waals surface area (Å²) in [6.45, 7) is 4.01. The molecule has 3 rings (SSSR count). The van der Waals surface area contributed by atoms with Crippen molar-refractivity contribution in [2.45, 2.75) is 20.3 Å². The molecule has 0 radical (unpaired) electrons. The lowest BCUT2D eigenvalue weighted by Gasteiger charge is -2.08. The van der Waals surface area contributed by atoms with Crippen LogP contribution in [0.5, 0.6) is 0 Å². The number of aryl methyl sites for hydroxylation is 2. The van der Waals surface area contributed by atoms with E-state index in [1.165, 1.54) is 16.9 Å². The van der Waals surface area contributed by atoms with E-state index < -0.39 is 0 Å². The Hall–Kier alpha value is -2.37. The van der Waals surface area contributed by atoms with Gasteiger partial charge in [-0.25, -0.2) is 4.98 Å². The Balaban J connectivity index is 1.61. The molecule has 1 amide bonds. The van der Waals surface area contributed by atoms with E-state index in [0.717, 1.165) is 27.8 Å². The average Bonchev–Trinajstić information content (AvgIpc) is 2.97. The average molecular weight is 372 g/mol. The highest BCUT2D eigenvalue weighted by Crippen LogP contribution is 2.23. The number of amides is 1. The summed E-state index contributed by atoms with van der Waals surface area (Å²) in [5.41, 5.74) is 4.66. The highest BCUT2D eigenvalue weighted by molar-refractivity contribution is 7.13. The first-order valence-electron chi connectivity index (χ1n) is 7.84. The summed E-state index contributed by atoms with van der Waals surface area (Å²) in [4.78, 5) is 16.7. The number of nitrogens with one attached hydrogen (secondary N) is 2. The molecule has 0 bridgehead atoms. The molecule has 1 heterocycles. The van der Waals surface area contributed by atoms with Gasteiger partial charge in [-0.2, -0.15) is 0 Å². The maximum absolute atomic E-state index is 12.2. The summed E-state index contributed by atoms with van der Waals surface area (Å²) in [5, 5.41) is 9.41. The highest BCUT2D eigenvalue weighted by Gasteiger charge is 2.10. The number of hydrogen-bond acceptors (Lipinski definition) is 4. The maximum Gasteiger partial charge on any atom is 0.230 e. The van der Waals surface area contributed by atoms with Crippen LogP contribution in [0.3, 0.4) is 0 Å². The first-order valence-corrected chi connectivity index (χ1v) is 9.09. The van der Waals surface area contributed by atoms with Gasteiger partial charge in [0.05, 0.1) is 12.1 Å². The van der Waals surface area contributed by atoms with Crippen LogP contribution in [0.2, 0.25) is 5.02 Å². The van der Waals surface area contributed by atoms with Gasteiger partial charge in [-0.3, -0.25) is 4.79 Å². The molecule has 0 saturated carbocycles. The minimum absolute atomic E-state index is 0.0773. The monoisotopic (exact) mass is 371 g/mol. The van der Waals surface area contributed by atoms with Crippen LogP contribution < -0.4 is 10.6 Å². The minimum Gasteiger partial charge on any atom is -0.331 e. The van der Waals surface area contributed by atoms with Gasteiger partial charge in [0.1, 0.15) is 0 Å². The number of carbonyl (C=O) groups excluding carboxylic acids is 1. The number of hydrogen-bond donors (Lipinski definition) is 2. The number of anilines is 3. The third kappa shape index (κ3) is 4.81. The van der Waals surface area contributed by atoms with Gasteiger partial charge < -0.3 is 10.6 Å². The molecule has 2 aromatic carbocycles. The highest BCUT2D eigenvalue weighted by atomic mass is 35.5. The normalized spacial score (nSPS) is 10.5. The second kappa shape index (κ2) is 7.68. The number of aromatic nitrogens is 1. The zero-order chi connectivity index (χ0) is 17.8. The summed E-state index contributed by atoms with van der Waals surface area (Å²) >= 11 is 7.43. The fraction of sp³-hybridized carbons (Fsp3) is 0.158. The van der Waals surface area contributed by atoms with Gasteiger partial charge in [0, 0.05) is 21.8 Å². The molecular weight excluding hydrogens is 354 g/mol. The van der Waals surface area contributed by atoms with E-state index in [1.54, 1.807) is 0 Å². The number of thiazole rings is 1. The molecule has 0 atom stereocenters. The molecule has 0 aliphatic rings. The summed E-state index contributed by atoms with van der Waals surface area (Å²) in [6, 6.07) is 13.4. The van der Waals surface area contributed by atoms with E-state index in [-0.39, 0.29) is 12.3 Å². The zero-order valence-electron chi connectivity index (χ0n) is 14.0. The Bertz CT molecular complexity index is 907. The van der Waals surface area contributed by atoms with Crippen LogP contribution >= 0.6 is 22.9 Å². The van der Waals surface area contributed by atoms with Gasteiger partial charge in [0.25, 0.3) is 0 Å². The molecule has 3 aromatic rings. The van der Waals surface area contributed by atoms with Crippen LogP contribution in [0.1, 0.15) is 16.8 Å². The predicted molar refractivity (Wildman–Crippen MR) is 105 cm³/mol. The maximum atomic E-state index is 12.2. The molecule has 25 heavy (non-hydrogen) atoms. The van der Waals surface area contributed by atoms with Crippen LogP contribution in [-0.2, 0) is 11.2 Å². The third-order valence-corrected chi connectivity index (χ3v) is 4.67. The third-order valence-electron chi connectivity index (χ3n) is 3.63. The Kier molecular flexibility index (Phi) is 5.36. The summed E-state index contributed by atoms with van der Waals surface area (Å²) in [7, 11) is 0. The Labute approximate surface area is 155 Å². The number of carbonyl (C=O) groups is 1. The molecule has 2 N–H and O–H groups in total. The fourth-order valence-electron chi connectivity index (χ4n) is 2.45. The first-order chi connectivity index (χ1) is 12.0. The van der Waals surface area contributed by atoms with Crippen LogP contribution in [0.25, 0.3) is 0 Å². The number of rotatable bonds is 5. The molecule has 0 aliphatic heterocycles. The first kappa shape index (κ1) is 17.5. The summed E-state index contributed by atoms with van der Waals surface area (Å²) in [6.07, 6.45) is 0.237. The van der Waals surface area contributed by atoms with Gasteiger partial charge in [0.15, 0.2) is 5.13 Å². The number of nitrogens with zero attached hydrogens (tertiary/aromatic N) is 1. The van der Waals surface area contributed by atoms with E-state index in [2.05, 4.69) is 15.6 Å². The smallest absolute Gasteiger partial charge is 0.230 e. The van der Waals surface area contributed by atoms with Crippen molar-refractivity contribution in [3.8, 4) is 0 Å². The van der Waals surface area contributed by atoms with Crippen LogP contribution in [-0.4, -0.2) is 10.9 Å². The van der Waals surface area contributed by atoms with Crippen molar-refractivity contribution in [2.24, 2.45) is 0 Å². The van der Waals surface area contributed by atoms with Gasteiger partial charge in [-0.15, -0.1) is 11.3 Å². The van der Waals surface area contributed by atoms with Crippen molar-refractivity contribution in [3.05, 3.63) is 69.7 Å². The molecule has 4 nitrogen and oxygen atoms in total. The van der Waals surface area contributed by atoms with Crippen LogP contribution in [0.4, 0.5) is 16.5 Å². The Morgan fingerprint density at radius 2 is 2.04 bits per heavy atom. The molecule has 0 fully saturated rings. The van der Waals surface area contributed by atoms with Crippen molar-refractivity contribution in [2.75, 3.05) is 10.6 Å². The zero-order valence-corrected chi connectivity index (χ0v) is 15.5. The molecule has 1 aromatic heterocycles. The second-order valence-corrected chi connectivity index (χ2v) is 7.12. The predicted octanol–water partition coefficient (Wildman–Crippen LogP) is 5.34. The Morgan fingerprint density at radius 3 is 2.80 bits per heavy atom. The largest absolute Gasteiger partial charge is 0.331 e. The standard InChI is InChI=1S/C19H18ClN3OS/c1-12-6-7-17(13(2)8-12)23-18(24)10-16-11-25-19(22-16)21-15-5-3-4-14(20)9-15/h3-9,11H,10H2,1-2H3,(H,21,22)(H,23,24). The van der Waals surface area contributed by atoms with Crippen LogP contribution in [0, 0.1) is 13.8 Å². The molecular formula is C19H18ClN3OS. The van der Waals surface area contributed by atoms with E-state index in [0.29, 0.717) is 5.02 Å². The molecule has 6 heteroatoms. The van der Waals surface area contributed by atoms with Crippen molar-refractivity contribution in [3.63, 3.8) is 0 Å². The van der Waals surface area contributed by atoms with Gasteiger partial charge in [0.2, 0.25) is 5.91 Å². The van der Waals surface area contributed by atoms with E-state index in [4.69, 9.17) is 11.6 Å². The number of benzene rings is 2. The Morgan fingerprint density at radius 1 is 1.20 bits per heavy atom. The van der Waals surface area contributed by atoms with E-state index >= 15 is 0 Å². The van der Waals surface area contributed by atoms with Crippen molar-refractivity contribution in [1.82, 2.24) is 4.98 Å². The second-order valence-electron chi connectivity index (χ2n) is 5.82. The topological polar surface area (TPSA) is 54.0 Å². The van der Waals surface area contributed by atoms with Crippen molar-refractivity contribution in [1.29, 1.82) is 0 Å². The van der Waals surface area contributed by atoms with Crippen molar-refractivity contribution >= 4 is 45.4 Å². The lowest BCUT2D eigenvalue weighted by Crippen LogP contribution is -2.15. The molecule has 0 unspecified atom stereocenters.